The number of aryl methyl sites for hydroxylation is 3. The molecule has 0 saturated heterocycles. The molecule has 4 rings (SSSR count). The van der Waals surface area contributed by atoms with Gasteiger partial charge in [-0.2, -0.15) is 9.61 Å². The number of fused-ring (bicyclic) bond motifs is 1. The van der Waals surface area contributed by atoms with Crippen LogP contribution in [0.25, 0.3) is 28.3 Å². The molecule has 2 aromatic heterocycles. The van der Waals surface area contributed by atoms with Gasteiger partial charge in [0.15, 0.2) is 11.5 Å². The summed E-state index contributed by atoms with van der Waals surface area (Å²) in [5, 5.41) is 9.25. The molecule has 136 valence electrons. The highest BCUT2D eigenvalue weighted by Crippen LogP contribution is 2.30. The first kappa shape index (κ1) is 17.0. The van der Waals surface area contributed by atoms with Crippen molar-refractivity contribution >= 4 is 11.7 Å². The van der Waals surface area contributed by atoms with Gasteiger partial charge in [0.25, 0.3) is 0 Å². The molecule has 0 bridgehead atoms. The Hall–Kier alpha value is -3.41. The molecule has 6 nitrogen and oxygen atoms in total. The second-order valence-corrected chi connectivity index (χ2v) is 6.64. The third kappa shape index (κ3) is 2.79. The topological polar surface area (TPSA) is 61.4 Å². The number of carbonyl (C=O) groups is 1. The van der Waals surface area contributed by atoms with Crippen molar-refractivity contribution in [2.24, 2.45) is 0 Å². The van der Waals surface area contributed by atoms with E-state index in [1.165, 1.54) is 17.4 Å². The van der Waals surface area contributed by atoms with Crippen LogP contribution in [-0.2, 0) is 4.74 Å². The molecule has 0 atom stereocenters. The number of ether oxygens (including phenoxy) is 1. The summed E-state index contributed by atoms with van der Waals surface area (Å²) in [6.45, 7) is 6.15. The van der Waals surface area contributed by atoms with Crippen LogP contribution in [0.4, 0.5) is 4.79 Å². The SMILES string of the molecule is COC(=O)n1nc(-c2c(C)cc(C)cc2C)n2nc(-c3ccccc3)cc12. The first-order chi connectivity index (χ1) is 13.0. The Morgan fingerprint density at radius 1 is 0.963 bits per heavy atom. The van der Waals surface area contributed by atoms with Crippen LogP contribution in [0.2, 0.25) is 0 Å². The van der Waals surface area contributed by atoms with Crippen molar-refractivity contribution in [1.29, 1.82) is 0 Å². The van der Waals surface area contributed by atoms with Crippen molar-refractivity contribution in [2.75, 3.05) is 7.11 Å². The second kappa shape index (κ2) is 6.39. The first-order valence-corrected chi connectivity index (χ1v) is 8.70. The zero-order valence-electron chi connectivity index (χ0n) is 15.7. The van der Waals surface area contributed by atoms with Gasteiger partial charge in [-0.25, -0.2) is 4.79 Å². The Kier molecular flexibility index (Phi) is 4.03. The molecule has 0 N–H and O–H groups in total. The number of benzene rings is 2. The molecule has 4 aromatic rings. The van der Waals surface area contributed by atoms with E-state index in [1.807, 2.05) is 50.2 Å². The smallest absolute Gasteiger partial charge is 0.436 e. The van der Waals surface area contributed by atoms with Crippen LogP contribution < -0.4 is 0 Å². The molecule has 0 saturated carbocycles. The third-order valence-corrected chi connectivity index (χ3v) is 4.62. The molecule has 0 unspecified atom stereocenters. The molecule has 0 amide bonds. The maximum atomic E-state index is 12.3. The molecular formula is C21H20N4O2. The minimum atomic E-state index is -0.548. The number of aromatic nitrogens is 4. The summed E-state index contributed by atoms with van der Waals surface area (Å²) in [5.74, 6) is 0.618. The number of hydrogen-bond donors (Lipinski definition) is 0. The van der Waals surface area contributed by atoms with E-state index in [2.05, 4.69) is 24.2 Å². The van der Waals surface area contributed by atoms with Gasteiger partial charge in [-0.15, -0.1) is 9.78 Å². The van der Waals surface area contributed by atoms with Gasteiger partial charge in [-0.3, -0.25) is 0 Å². The standard InChI is InChI=1S/C21H20N4O2/c1-13-10-14(2)19(15(3)11-13)20-23-25(21(26)27-4)18-12-17(22-24(18)20)16-8-6-5-7-9-16/h5-12H,1-4H3. The molecule has 0 spiro atoms. The summed E-state index contributed by atoms with van der Waals surface area (Å²) in [5.41, 5.74) is 6.63. The van der Waals surface area contributed by atoms with E-state index < -0.39 is 6.09 Å². The number of nitrogens with zero attached hydrogens (tertiary/aromatic N) is 4. The van der Waals surface area contributed by atoms with E-state index in [-0.39, 0.29) is 0 Å². The predicted octanol–water partition coefficient (Wildman–Crippen LogP) is 4.40. The van der Waals surface area contributed by atoms with Gasteiger partial charge < -0.3 is 4.74 Å². The van der Waals surface area contributed by atoms with Gasteiger partial charge in [-0.05, 0) is 31.9 Å². The Labute approximate surface area is 157 Å². The Bertz CT molecular complexity index is 1130. The summed E-state index contributed by atoms with van der Waals surface area (Å²) in [6.07, 6.45) is -0.548. The lowest BCUT2D eigenvalue weighted by atomic mass is 9.99. The van der Waals surface area contributed by atoms with Gasteiger partial charge >= 0.3 is 6.09 Å². The van der Waals surface area contributed by atoms with Gasteiger partial charge in [0.1, 0.15) is 0 Å². The van der Waals surface area contributed by atoms with E-state index in [1.54, 1.807) is 4.52 Å². The van der Waals surface area contributed by atoms with Gasteiger partial charge in [-0.1, -0.05) is 48.0 Å². The second-order valence-electron chi connectivity index (χ2n) is 6.64. The van der Waals surface area contributed by atoms with E-state index in [0.29, 0.717) is 11.5 Å². The van der Waals surface area contributed by atoms with Gasteiger partial charge in [0.05, 0.1) is 12.8 Å². The molecule has 6 heteroatoms. The third-order valence-electron chi connectivity index (χ3n) is 4.62. The molecule has 2 aromatic carbocycles. The zero-order valence-corrected chi connectivity index (χ0v) is 15.7. The lowest BCUT2D eigenvalue weighted by molar-refractivity contribution is 0.170. The average Bonchev–Trinajstić information content (AvgIpc) is 3.21. The summed E-state index contributed by atoms with van der Waals surface area (Å²) < 4.78 is 7.88. The molecule has 0 aliphatic carbocycles. The van der Waals surface area contributed by atoms with Crippen molar-refractivity contribution in [1.82, 2.24) is 19.4 Å². The highest BCUT2D eigenvalue weighted by Gasteiger charge is 2.22. The quantitative estimate of drug-likeness (QED) is 0.531. The summed E-state index contributed by atoms with van der Waals surface area (Å²) in [6, 6.07) is 15.9. The highest BCUT2D eigenvalue weighted by atomic mass is 16.5. The van der Waals surface area contributed by atoms with Crippen molar-refractivity contribution in [2.45, 2.75) is 20.8 Å². The largest absolute Gasteiger partial charge is 0.451 e. The molecule has 2 heterocycles. The number of methoxy groups -OCH3 is 1. The molecular weight excluding hydrogens is 340 g/mol. The van der Waals surface area contributed by atoms with Crippen LogP contribution in [0.5, 0.6) is 0 Å². The Balaban J connectivity index is 2.01. The lowest BCUT2D eigenvalue weighted by Gasteiger charge is -2.09. The highest BCUT2D eigenvalue weighted by molar-refractivity contribution is 5.79. The predicted molar refractivity (Wildman–Crippen MR) is 104 cm³/mol. The van der Waals surface area contributed by atoms with Crippen LogP contribution >= 0.6 is 0 Å². The fourth-order valence-corrected chi connectivity index (χ4v) is 3.53. The zero-order chi connectivity index (χ0) is 19.1. The summed E-state index contributed by atoms with van der Waals surface area (Å²) >= 11 is 0. The van der Waals surface area contributed by atoms with Gasteiger partial charge in [0.2, 0.25) is 0 Å². The molecule has 0 aliphatic rings. The Morgan fingerprint density at radius 3 is 2.26 bits per heavy atom. The average molecular weight is 360 g/mol. The maximum Gasteiger partial charge on any atom is 0.436 e. The van der Waals surface area contributed by atoms with E-state index in [9.17, 15) is 4.79 Å². The monoisotopic (exact) mass is 360 g/mol. The van der Waals surface area contributed by atoms with E-state index in [0.717, 1.165) is 27.9 Å². The Morgan fingerprint density at radius 2 is 1.63 bits per heavy atom. The number of rotatable bonds is 2. The normalized spacial score (nSPS) is 11.1. The van der Waals surface area contributed by atoms with Crippen LogP contribution in [-0.4, -0.2) is 32.6 Å². The molecule has 27 heavy (non-hydrogen) atoms. The van der Waals surface area contributed by atoms with Crippen LogP contribution in [0.1, 0.15) is 16.7 Å². The van der Waals surface area contributed by atoms with E-state index >= 15 is 0 Å². The summed E-state index contributed by atoms with van der Waals surface area (Å²) in [4.78, 5) is 12.3. The number of carbonyl (C=O) groups excluding carboxylic acids is 1. The number of hydrogen-bond acceptors (Lipinski definition) is 4. The van der Waals surface area contributed by atoms with Crippen LogP contribution in [0.15, 0.2) is 48.5 Å². The molecule has 0 aliphatic heterocycles. The maximum absolute atomic E-state index is 12.3. The van der Waals surface area contributed by atoms with Crippen LogP contribution in [0.3, 0.4) is 0 Å². The van der Waals surface area contributed by atoms with E-state index in [4.69, 9.17) is 9.84 Å². The fraction of sp³-hybridized carbons (Fsp3) is 0.190. The fourth-order valence-electron chi connectivity index (χ4n) is 3.53. The first-order valence-electron chi connectivity index (χ1n) is 8.70. The summed E-state index contributed by atoms with van der Waals surface area (Å²) in [7, 11) is 1.34. The van der Waals surface area contributed by atoms with Crippen molar-refractivity contribution in [3.05, 3.63) is 65.2 Å². The molecule has 0 fully saturated rings. The minimum absolute atomic E-state index is 0.548. The minimum Gasteiger partial charge on any atom is -0.451 e. The van der Waals surface area contributed by atoms with Crippen molar-refractivity contribution in [3.8, 4) is 22.6 Å². The van der Waals surface area contributed by atoms with Crippen molar-refractivity contribution in [3.63, 3.8) is 0 Å². The molecule has 0 radical (unpaired) electrons. The van der Waals surface area contributed by atoms with Crippen LogP contribution in [0, 0.1) is 20.8 Å². The van der Waals surface area contributed by atoms with Gasteiger partial charge in [0, 0.05) is 17.2 Å². The lowest BCUT2D eigenvalue weighted by Crippen LogP contribution is -2.12. The van der Waals surface area contributed by atoms with Crippen molar-refractivity contribution < 1.29 is 9.53 Å².